The zero-order valence-electron chi connectivity index (χ0n) is 12.7. The van der Waals surface area contributed by atoms with Crippen molar-refractivity contribution in [1.82, 2.24) is 15.5 Å². The standard InChI is InChI=1S/C15H17FN4O3/c1-10(23-12-6-4-3-5-11(12)16)9-17-15(21)18-13-7-8-14(22-2)20-19-13/h3-8,10H,9H2,1-2H3,(H2,17,18,19,21)/t10-/m0/s1. The smallest absolute Gasteiger partial charge is 0.320 e. The number of carbonyl (C=O) groups excluding carboxylic acids is 1. The third-order valence-electron chi connectivity index (χ3n) is 2.81. The third kappa shape index (κ3) is 5.10. The lowest BCUT2D eigenvalue weighted by Gasteiger charge is -2.16. The highest BCUT2D eigenvalue weighted by molar-refractivity contribution is 5.88. The van der Waals surface area contributed by atoms with Crippen molar-refractivity contribution in [3.05, 3.63) is 42.2 Å². The minimum atomic E-state index is -0.464. The van der Waals surface area contributed by atoms with Crippen LogP contribution >= 0.6 is 0 Å². The van der Waals surface area contributed by atoms with E-state index in [1.54, 1.807) is 31.2 Å². The highest BCUT2D eigenvalue weighted by Crippen LogP contribution is 2.16. The van der Waals surface area contributed by atoms with Crippen molar-refractivity contribution in [2.75, 3.05) is 19.0 Å². The molecule has 122 valence electrons. The Kier molecular flexibility index (Phi) is 5.67. The molecule has 7 nitrogen and oxygen atoms in total. The maximum Gasteiger partial charge on any atom is 0.320 e. The summed E-state index contributed by atoms with van der Waals surface area (Å²) in [6.45, 7) is 1.92. The van der Waals surface area contributed by atoms with Crippen molar-refractivity contribution in [3.8, 4) is 11.6 Å². The first kappa shape index (κ1) is 16.5. The predicted molar refractivity (Wildman–Crippen MR) is 82.1 cm³/mol. The van der Waals surface area contributed by atoms with E-state index in [0.29, 0.717) is 5.88 Å². The number of urea groups is 1. The summed E-state index contributed by atoms with van der Waals surface area (Å²) in [4.78, 5) is 11.7. The molecule has 0 aliphatic rings. The second-order valence-electron chi connectivity index (χ2n) is 4.65. The SMILES string of the molecule is COc1ccc(NC(=O)NC[C@H](C)Oc2ccccc2F)nn1. The van der Waals surface area contributed by atoms with E-state index < -0.39 is 18.0 Å². The van der Waals surface area contributed by atoms with Gasteiger partial charge in [0.05, 0.1) is 13.7 Å². The van der Waals surface area contributed by atoms with Crippen molar-refractivity contribution in [3.63, 3.8) is 0 Å². The lowest BCUT2D eigenvalue weighted by atomic mass is 10.3. The van der Waals surface area contributed by atoms with Gasteiger partial charge in [-0.1, -0.05) is 12.1 Å². The van der Waals surface area contributed by atoms with Crippen molar-refractivity contribution in [2.45, 2.75) is 13.0 Å². The zero-order chi connectivity index (χ0) is 16.7. The van der Waals surface area contributed by atoms with Crippen LogP contribution in [0.5, 0.6) is 11.6 Å². The maximum atomic E-state index is 13.4. The van der Waals surface area contributed by atoms with Crippen LogP contribution < -0.4 is 20.1 Å². The van der Waals surface area contributed by atoms with Crippen LogP contribution in [-0.4, -0.2) is 36.0 Å². The summed E-state index contributed by atoms with van der Waals surface area (Å²) in [7, 11) is 1.47. The Labute approximate surface area is 132 Å². The van der Waals surface area contributed by atoms with E-state index in [1.165, 1.54) is 19.2 Å². The Morgan fingerprint density at radius 2 is 2.04 bits per heavy atom. The third-order valence-corrected chi connectivity index (χ3v) is 2.81. The number of nitrogens with zero attached hydrogens (tertiary/aromatic N) is 2. The second kappa shape index (κ2) is 7.92. The molecule has 1 heterocycles. The lowest BCUT2D eigenvalue weighted by molar-refractivity contribution is 0.205. The summed E-state index contributed by atoms with van der Waals surface area (Å²) in [6.07, 6.45) is -0.403. The van der Waals surface area contributed by atoms with E-state index in [2.05, 4.69) is 20.8 Å². The van der Waals surface area contributed by atoms with Gasteiger partial charge in [0.25, 0.3) is 0 Å². The normalized spacial score (nSPS) is 11.4. The molecule has 2 rings (SSSR count). The van der Waals surface area contributed by atoms with Crippen LogP contribution in [0, 0.1) is 5.82 Å². The monoisotopic (exact) mass is 320 g/mol. The molecule has 2 N–H and O–H groups in total. The molecule has 1 aromatic carbocycles. The van der Waals surface area contributed by atoms with Crippen LogP contribution in [0.2, 0.25) is 0 Å². The molecule has 0 aliphatic carbocycles. The summed E-state index contributed by atoms with van der Waals surface area (Å²) in [5.74, 6) is 0.328. The molecule has 0 saturated carbocycles. The summed E-state index contributed by atoms with van der Waals surface area (Å²) < 4.78 is 23.7. The number of hydrogen-bond donors (Lipinski definition) is 2. The van der Waals surface area contributed by atoms with E-state index in [9.17, 15) is 9.18 Å². The number of anilines is 1. The number of para-hydroxylation sites is 1. The lowest BCUT2D eigenvalue weighted by Crippen LogP contribution is -2.36. The van der Waals surface area contributed by atoms with E-state index >= 15 is 0 Å². The van der Waals surface area contributed by atoms with Crippen LogP contribution in [0.3, 0.4) is 0 Å². The average Bonchev–Trinajstić information content (AvgIpc) is 2.56. The van der Waals surface area contributed by atoms with Gasteiger partial charge in [-0.15, -0.1) is 10.2 Å². The molecule has 1 aromatic heterocycles. The molecule has 0 saturated heterocycles. The fourth-order valence-corrected chi connectivity index (χ4v) is 1.69. The molecule has 0 unspecified atom stereocenters. The predicted octanol–water partition coefficient (Wildman–Crippen LogP) is 2.21. The summed E-state index contributed by atoms with van der Waals surface area (Å²) in [6, 6.07) is 8.76. The van der Waals surface area contributed by atoms with E-state index in [1.807, 2.05) is 0 Å². The minimum Gasteiger partial charge on any atom is -0.486 e. The maximum absolute atomic E-state index is 13.4. The van der Waals surface area contributed by atoms with Crippen molar-refractivity contribution in [2.24, 2.45) is 0 Å². The molecule has 23 heavy (non-hydrogen) atoms. The van der Waals surface area contributed by atoms with Crippen LogP contribution in [0.4, 0.5) is 15.0 Å². The van der Waals surface area contributed by atoms with Gasteiger partial charge in [0.1, 0.15) is 6.10 Å². The van der Waals surface area contributed by atoms with Crippen molar-refractivity contribution >= 4 is 11.8 Å². The quantitative estimate of drug-likeness (QED) is 0.852. The Bertz CT molecular complexity index is 651. The molecule has 2 aromatic rings. The van der Waals surface area contributed by atoms with Gasteiger partial charge < -0.3 is 14.8 Å². The number of hydrogen-bond acceptors (Lipinski definition) is 5. The Balaban J connectivity index is 1.78. The van der Waals surface area contributed by atoms with Crippen LogP contribution in [0.1, 0.15) is 6.92 Å². The number of aromatic nitrogens is 2. The van der Waals surface area contributed by atoms with Crippen LogP contribution in [0.25, 0.3) is 0 Å². The van der Waals surface area contributed by atoms with Crippen LogP contribution in [0.15, 0.2) is 36.4 Å². The Hall–Kier alpha value is -2.90. The fraction of sp³-hybridized carbons (Fsp3) is 0.267. The number of carbonyl (C=O) groups is 1. The topological polar surface area (TPSA) is 85.4 Å². The minimum absolute atomic E-state index is 0.142. The van der Waals surface area contributed by atoms with Gasteiger partial charge in [-0.3, -0.25) is 5.32 Å². The first-order valence-corrected chi connectivity index (χ1v) is 6.92. The van der Waals surface area contributed by atoms with Gasteiger partial charge in [-0.25, -0.2) is 9.18 Å². The van der Waals surface area contributed by atoms with Gasteiger partial charge >= 0.3 is 6.03 Å². The van der Waals surface area contributed by atoms with Gasteiger partial charge in [0.15, 0.2) is 17.4 Å². The average molecular weight is 320 g/mol. The number of amides is 2. The summed E-state index contributed by atoms with van der Waals surface area (Å²) in [5.41, 5.74) is 0. The van der Waals surface area contributed by atoms with E-state index in [4.69, 9.17) is 9.47 Å². The number of methoxy groups -OCH3 is 1. The van der Waals surface area contributed by atoms with Gasteiger partial charge in [-0.2, -0.15) is 0 Å². The molecule has 0 spiro atoms. The highest BCUT2D eigenvalue weighted by Gasteiger charge is 2.10. The molecule has 0 aliphatic heterocycles. The Morgan fingerprint density at radius 1 is 1.26 bits per heavy atom. The molecular formula is C15H17FN4O3. The fourth-order valence-electron chi connectivity index (χ4n) is 1.69. The molecule has 2 amide bonds. The summed E-state index contributed by atoms with van der Waals surface area (Å²) in [5, 5.41) is 12.6. The van der Waals surface area contributed by atoms with E-state index in [-0.39, 0.29) is 18.1 Å². The largest absolute Gasteiger partial charge is 0.486 e. The van der Waals surface area contributed by atoms with Crippen molar-refractivity contribution < 1.29 is 18.7 Å². The highest BCUT2D eigenvalue weighted by atomic mass is 19.1. The first-order valence-electron chi connectivity index (χ1n) is 6.92. The number of benzene rings is 1. The van der Waals surface area contributed by atoms with Crippen molar-refractivity contribution in [1.29, 1.82) is 0 Å². The van der Waals surface area contributed by atoms with Crippen LogP contribution in [-0.2, 0) is 0 Å². The molecule has 8 heteroatoms. The number of nitrogens with one attached hydrogen (secondary N) is 2. The Morgan fingerprint density at radius 3 is 2.70 bits per heavy atom. The molecule has 0 radical (unpaired) electrons. The number of ether oxygens (including phenoxy) is 2. The molecule has 0 fully saturated rings. The number of halogens is 1. The number of rotatable bonds is 6. The zero-order valence-corrected chi connectivity index (χ0v) is 12.7. The van der Waals surface area contributed by atoms with Gasteiger partial charge in [0.2, 0.25) is 5.88 Å². The van der Waals surface area contributed by atoms with Gasteiger partial charge in [0, 0.05) is 6.07 Å². The first-order chi connectivity index (χ1) is 11.1. The van der Waals surface area contributed by atoms with Gasteiger partial charge in [-0.05, 0) is 25.1 Å². The molecule has 1 atom stereocenters. The molecule has 0 bridgehead atoms. The van der Waals surface area contributed by atoms with E-state index in [0.717, 1.165) is 0 Å². The summed E-state index contributed by atoms with van der Waals surface area (Å²) >= 11 is 0. The molecular weight excluding hydrogens is 303 g/mol. The second-order valence-corrected chi connectivity index (χ2v) is 4.65.